The Bertz CT molecular complexity index is 339. The first-order valence-corrected chi connectivity index (χ1v) is 7.36. The van der Waals surface area contributed by atoms with Crippen LogP contribution in [0.3, 0.4) is 0 Å². The summed E-state index contributed by atoms with van der Waals surface area (Å²) in [4.78, 5) is 3.75. The highest BCUT2D eigenvalue weighted by molar-refractivity contribution is 7.99. The molecule has 1 aromatic rings. The Morgan fingerprint density at radius 3 is 2.76 bits per heavy atom. The van der Waals surface area contributed by atoms with Gasteiger partial charge in [-0.2, -0.15) is 0 Å². The van der Waals surface area contributed by atoms with Crippen molar-refractivity contribution in [3.63, 3.8) is 0 Å². The number of phenols is 1. The molecule has 2 rings (SSSR count). The molecule has 1 aliphatic heterocycles. The molecular weight excluding hydrogens is 230 g/mol. The molecule has 0 bridgehead atoms. The Labute approximate surface area is 108 Å². The number of phenolic OH excluding ortho intramolecular Hbond substituents is 1. The van der Waals surface area contributed by atoms with Crippen LogP contribution >= 0.6 is 11.8 Å². The van der Waals surface area contributed by atoms with Crippen LogP contribution in [0, 0.1) is 0 Å². The fourth-order valence-electron chi connectivity index (χ4n) is 2.36. The van der Waals surface area contributed by atoms with Gasteiger partial charge < -0.3 is 10.0 Å². The van der Waals surface area contributed by atoms with E-state index < -0.39 is 0 Å². The number of rotatable bonds is 4. The molecule has 17 heavy (non-hydrogen) atoms. The number of piperidine rings is 1. The highest BCUT2D eigenvalue weighted by Gasteiger charge is 2.17. The van der Waals surface area contributed by atoms with E-state index >= 15 is 0 Å². The van der Waals surface area contributed by atoms with Crippen LogP contribution < -0.4 is 0 Å². The van der Waals surface area contributed by atoms with Gasteiger partial charge in [0.05, 0.1) is 0 Å². The lowest BCUT2D eigenvalue weighted by Crippen LogP contribution is -2.36. The predicted molar refractivity (Wildman–Crippen MR) is 73.7 cm³/mol. The quantitative estimate of drug-likeness (QED) is 0.830. The van der Waals surface area contributed by atoms with Crippen molar-refractivity contribution in [3.8, 4) is 5.75 Å². The summed E-state index contributed by atoms with van der Waals surface area (Å²) in [5.41, 5.74) is 0. The Hall–Kier alpha value is -0.670. The van der Waals surface area contributed by atoms with E-state index in [1.165, 1.54) is 42.9 Å². The second-order valence-corrected chi connectivity index (χ2v) is 5.93. The van der Waals surface area contributed by atoms with Gasteiger partial charge in [-0.05, 0) is 62.9 Å². The molecule has 0 radical (unpaired) electrons. The number of thioether (sulfide) groups is 1. The van der Waals surface area contributed by atoms with Gasteiger partial charge >= 0.3 is 0 Å². The lowest BCUT2D eigenvalue weighted by molar-refractivity contribution is 0.182. The summed E-state index contributed by atoms with van der Waals surface area (Å²) in [6.45, 7) is 1.26. The first-order valence-electron chi connectivity index (χ1n) is 6.38. The molecular formula is C14H21NOS. The van der Waals surface area contributed by atoms with E-state index in [0.29, 0.717) is 5.75 Å². The maximum Gasteiger partial charge on any atom is 0.115 e. The standard InChI is InChI=1S/C14H21NOS/c1-15-10-3-2-4-12(15)9-11-17-14-7-5-13(16)6-8-14/h5-8,12,16H,2-4,9-11H2,1H3. The minimum Gasteiger partial charge on any atom is -0.508 e. The van der Waals surface area contributed by atoms with Crippen LogP contribution in [0.2, 0.25) is 0 Å². The van der Waals surface area contributed by atoms with Crippen molar-refractivity contribution in [1.82, 2.24) is 4.90 Å². The number of aromatic hydroxyl groups is 1. The maximum absolute atomic E-state index is 9.20. The van der Waals surface area contributed by atoms with Gasteiger partial charge in [0, 0.05) is 10.9 Å². The third-order valence-electron chi connectivity index (χ3n) is 3.48. The summed E-state index contributed by atoms with van der Waals surface area (Å²) in [5.74, 6) is 1.51. The Morgan fingerprint density at radius 2 is 2.06 bits per heavy atom. The van der Waals surface area contributed by atoms with Crippen molar-refractivity contribution < 1.29 is 5.11 Å². The topological polar surface area (TPSA) is 23.5 Å². The molecule has 1 N–H and O–H groups in total. The molecule has 0 aromatic heterocycles. The lowest BCUT2D eigenvalue weighted by Gasteiger charge is -2.32. The van der Waals surface area contributed by atoms with E-state index in [-0.39, 0.29) is 0 Å². The number of likely N-dealkylation sites (tertiary alicyclic amines) is 1. The van der Waals surface area contributed by atoms with Crippen LogP contribution in [0.15, 0.2) is 29.2 Å². The molecule has 1 atom stereocenters. The normalized spacial score (nSPS) is 21.6. The summed E-state index contributed by atoms with van der Waals surface area (Å²) in [5, 5.41) is 9.20. The fourth-order valence-corrected chi connectivity index (χ4v) is 3.32. The van der Waals surface area contributed by atoms with Gasteiger partial charge in [-0.15, -0.1) is 11.8 Å². The molecule has 0 spiro atoms. The monoisotopic (exact) mass is 251 g/mol. The largest absolute Gasteiger partial charge is 0.508 e. The predicted octanol–water partition coefficient (Wildman–Crippen LogP) is 3.36. The van der Waals surface area contributed by atoms with Gasteiger partial charge in [0.1, 0.15) is 5.75 Å². The zero-order valence-electron chi connectivity index (χ0n) is 10.4. The first-order chi connectivity index (χ1) is 8.25. The van der Waals surface area contributed by atoms with E-state index in [1.807, 2.05) is 23.9 Å². The molecule has 3 heteroatoms. The molecule has 2 nitrogen and oxygen atoms in total. The van der Waals surface area contributed by atoms with Gasteiger partial charge in [-0.1, -0.05) is 6.42 Å². The van der Waals surface area contributed by atoms with Crippen molar-refractivity contribution in [2.75, 3.05) is 19.3 Å². The van der Waals surface area contributed by atoms with Crippen LogP contribution in [-0.4, -0.2) is 35.4 Å². The molecule has 1 heterocycles. The Morgan fingerprint density at radius 1 is 1.29 bits per heavy atom. The van der Waals surface area contributed by atoms with E-state index in [4.69, 9.17) is 0 Å². The highest BCUT2D eigenvalue weighted by atomic mass is 32.2. The lowest BCUT2D eigenvalue weighted by atomic mass is 10.0. The van der Waals surface area contributed by atoms with Crippen LogP contribution in [0.4, 0.5) is 0 Å². The molecule has 0 amide bonds. The van der Waals surface area contributed by atoms with Gasteiger partial charge in [-0.3, -0.25) is 0 Å². The van der Waals surface area contributed by atoms with Gasteiger partial charge in [0.25, 0.3) is 0 Å². The number of hydrogen-bond donors (Lipinski definition) is 1. The second-order valence-electron chi connectivity index (χ2n) is 4.76. The molecule has 0 saturated carbocycles. The van der Waals surface area contributed by atoms with Crippen molar-refractivity contribution in [2.24, 2.45) is 0 Å². The zero-order valence-corrected chi connectivity index (χ0v) is 11.2. The minimum absolute atomic E-state index is 0.348. The van der Waals surface area contributed by atoms with Gasteiger partial charge in [0.15, 0.2) is 0 Å². The molecule has 1 saturated heterocycles. The molecule has 1 fully saturated rings. The SMILES string of the molecule is CN1CCCCC1CCSc1ccc(O)cc1. The zero-order chi connectivity index (χ0) is 12.1. The molecule has 0 aliphatic carbocycles. The second kappa shape index (κ2) is 6.31. The highest BCUT2D eigenvalue weighted by Crippen LogP contribution is 2.24. The molecule has 1 unspecified atom stereocenters. The third kappa shape index (κ3) is 3.93. The minimum atomic E-state index is 0.348. The fraction of sp³-hybridized carbons (Fsp3) is 0.571. The summed E-state index contributed by atoms with van der Waals surface area (Å²) < 4.78 is 0. The average Bonchev–Trinajstić information content (AvgIpc) is 2.34. The van der Waals surface area contributed by atoms with E-state index in [2.05, 4.69) is 11.9 Å². The van der Waals surface area contributed by atoms with Crippen LogP contribution in [0.25, 0.3) is 0 Å². The van der Waals surface area contributed by atoms with E-state index in [0.717, 1.165) is 6.04 Å². The van der Waals surface area contributed by atoms with Crippen molar-refractivity contribution in [3.05, 3.63) is 24.3 Å². The number of benzene rings is 1. The smallest absolute Gasteiger partial charge is 0.115 e. The summed E-state index contributed by atoms with van der Waals surface area (Å²) in [6.07, 6.45) is 5.37. The van der Waals surface area contributed by atoms with Gasteiger partial charge in [-0.25, -0.2) is 0 Å². The maximum atomic E-state index is 9.20. The van der Waals surface area contributed by atoms with Crippen LogP contribution in [0.1, 0.15) is 25.7 Å². The summed E-state index contributed by atoms with van der Waals surface area (Å²) in [6, 6.07) is 8.27. The van der Waals surface area contributed by atoms with Crippen molar-refractivity contribution in [1.29, 1.82) is 0 Å². The number of nitrogens with zero attached hydrogens (tertiary/aromatic N) is 1. The van der Waals surface area contributed by atoms with Crippen LogP contribution in [-0.2, 0) is 0 Å². The molecule has 1 aliphatic rings. The Kier molecular flexibility index (Phi) is 4.75. The van der Waals surface area contributed by atoms with Crippen molar-refractivity contribution >= 4 is 11.8 Å². The van der Waals surface area contributed by atoms with E-state index in [9.17, 15) is 5.11 Å². The average molecular weight is 251 g/mol. The van der Waals surface area contributed by atoms with Gasteiger partial charge in [0.2, 0.25) is 0 Å². The summed E-state index contributed by atoms with van der Waals surface area (Å²) in [7, 11) is 2.25. The molecule has 94 valence electrons. The summed E-state index contributed by atoms with van der Waals surface area (Å²) >= 11 is 1.89. The van der Waals surface area contributed by atoms with E-state index in [1.54, 1.807) is 12.1 Å². The Balaban J connectivity index is 1.73. The van der Waals surface area contributed by atoms with Crippen molar-refractivity contribution in [2.45, 2.75) is 36.6 Å². The van der Waals surface area contributed by atoms with Crippen LogP contribution in [0.5, 0.6) is 5.75 Å². The molecule has 1 aromatic carbocycles. The number of hydrogen-bond acceptors (Lipinski definition) is 3. The first kappa shape index (κ1) is 12.8. The third-order valence-corrected chi connectivity index (χ3v) is 4.52.